The van der Waals surface area contributed by atoms with Crippen LogP contribution in [0.3, 0.4) is 0 Å². The minimum atomic E-state index is -4.81. The zero-order valence-corrected chi connectivity index (χ0v) is 19.9. The molecular formula is C24H21F4N3O4S. The van der Waals surface area contributed by atoms with Crippen LogP contribution in [0.25, 0.3) is 17.5 Å². The summed E-state index contributed by atoms with van der Waals surface area (Å²) in [4.78, 5) is 30.4. The SMILES string of the molecule is CCOC(=O)c1cc(-c2csc(C3CCN(C(=O)C=Cc4cccc(C(F)(F)F)c4F)CC3)n2)on1. The topological polar surface area (TPSA) is 85.5 Å². The molecule has 1 saturated heterocycles. The normalized spacial score (nSPS) is 15.0. The number of nitrogens with zero attached hydrogens (tertiary/aromatic N) is 3. The molecule has 4 rings (SSSR count). The molecule has 190 valence electrons. The summed E-state index contributed by atoms with van der Waals surface area (Å²) in [5.74, 6) is -1.94. The van der Waals surface area contributed by atoms with Gasteiger partial charge in [-0.2, -0.15) is 13.2 Å². The number of hydrogen-bond donors (Lipinski definition) is 0. The lowest BCUT2D eigenvalue weighted by Crippen LogP contribution is -2.36. The Balaban J connectivity index is 1.35. The number of alkyl halides is 3. The average molecular weight is 524 g/mol. The highest BCUT2D eigenvalue weighted by Crippen LogP contribution is 2.34. The predicted octanol–water partition coefficient (Wildman–Crippen LogP) is 5.55. The number of hydrogen-bond acceptors (Lipinski definition) is 7. The molecule has 0 radical (unpaired) electrons. The van der Waals surface area contributed by atoms with E-state index in [9.17, 15) is 27.2 Å². The first-order valence-corrected chi connectivity index (χ1v) is 12.0. The second-order valence-corrected chi connectivity index (χ2v) is 8.90. The van der Waals surface area contributed by atoms with Gasteiger partial charge in [-0.25, -0.2) is 14.2 Å². The summed E-state index contributed by atoms with van der Waals surface area (Å²) < 4.78 is 62.9. The highest BCUT2D eigenvalue weighted by molar-refractivity contribution is 7.10. The molecule has 7 nitrogen and oxygen atoms in total. The summed E-state index contributed by atoms with van der Waals surface area (Å²) in [7, 11) is 0. The molecule has 1 aliphatic heterocycles. The quantitative estimate of drug-likeness (QED) is 0.239. The summed E-state index contributed by atoms with van der Waals surface area (Å²) >= 11 is 1.43. The van der Waals surface area contributed by atoms with Crippen molar-refractivity contribution in [3.05, 3.63) is 63.4 Å². The van der Waals surface area contributed by atoms with E-state index in [1.165, 1.54) is 23.5 Å². The Bertz CT molecular complexity index is 1280. The Morgan fingerprint density at radius 2 is 2.03 bits per heavy atom. The van der Waals surface area contributed by atoms with E-state index in [1.54, 1.807) is 17.2 Å². The van der Waals surface area contributed by atoms with E-state index < -0.39 is 29.4 Å². The van der Waals surface area contributed by atoms with E-state index in [0.29, 0.717) is 43.5 Å². The van der Waals surface area contributed by atoms with Gasteiger partial charge >= 0.3 is 12.1 Å². The number of thiazole rings is 1. The number of carbonyl (C=O) groups is 2. The van der Waals surface area contributed by atoms with Gasteiger partial charge in [0.15, 0.2) is 11.5 Å². The largest absolute Gasteiger partial charge is 0.461 e. The fourth-order valence-electron chi connectivity index (χ4n) is 3.80. The third-order valence-electron chi connectivity index (χ3n) is 5.66. The molecule has 0 saturated carbocycles. The van der Waals surface area contributed by atoms with E-state index in [2.05, 4.69) is 10.1 Å². The predicted molar refractivity (Wildman–Crippen MR) is 123 cm³/mol. The lowest BCUT2D eigenvalue weighted by atomic mass is 9.97. The van der Waals surface area contributed by atoms with Gasteiger partial charge in [-0.15, -0.1) is 11.3 Å². The van der Waals surface area contributed by atoms with Crippen LogP contribution >= 0.6 is 11.3 Å². The van der Waals surface area contributed by atoms with Crippen LogP contribution in [0.4, 0.5) is 17.6 Å². The first-order chi connectivity index (χ1) is 17.2. The summed E-state index contributed by atoms with van der Waals surface area (Å²) in [6, 6.07) is 4.41. The van der Waals surface area contributed by atoms with Gasteiger partial charge in [0.2, 0.25) is 5.91 Å². The highest BCUT2D eigenvalue weighted by atomic mass is 32.1. The average Bonchev–Trinajstić information content (AvgIpc) is 3.53. The Hall–Kier alpha value is -3.54. The van der Waals surface area contributed by atoms with Gasteiger partial charge < -0.3 is 14.2 Å². The van der Waals surface area contributed by atoms with Gasteiger partial charge in [-0.1, -0.05) is 17.3 Å². The molecule has 1 amide bonds. The molecule has 2 aromatic heterocycles. The molecule has 0 bridgehead atoms. The number of aromatic nitrogens is 2. The maximum atomic E-state index is 14.2. The number of halogens is 4. The second kappa shape index (κ2) is 10.6. The molecule has 12 heteroatoms. The lowest BCUT2D eigenvalue weighted by molar-refractivity contribution is -0.140. The number of ether oxygens (including phenoxy) is 1. The van der Waals surface area contributed by atoms with Crippen molar-refractivity contribution in [2.75, 3.05) is 19.7 Å². The Labute approximate surface area is 207 Å². The molecular weight excluding hydrogens is 502 g/mol. The van der Waals surface area contributed by atoms with Crippen LogP contribution in [0, 0.1) is 5.82 Å². The van der Waals surface area contributed by atoms with E-state index in [-0.39, 0.29) is 23.8 Å². The minimum absolute atomic E-state index is 0.0614. The van der Waals surface area contributed by atoms with Crippen molar-refractivity contribution in [1.82, 2.24) is 15.0 Å². The van der Waals surface area contributed by atoms with Crippen molar-refractivity contribution >= 4 is 29.3 Å². The first kappa shape index (κ1) is 25.5. The fraction of sp³-hybridized carbons (Fsp3) is 0.333. The number of esters is 1. The van der Waals surface area contributed by atoms with Crippen LogP contribution in [0.2, 0.25) is 0 Å². The van der Waals surface area contributed by atoms with E-state index >= 15 is 0 Å². The van der Waals surface area contributed by atoms with Crippen molar-refractivity contribution in [2.24, 2.45) is 0 Å². The Morgan fingerprint density at radius 3 is 2.72 bits per heavy atom. The van der Waals surface area contributed by atoms with E-state index in [1.807, 2.05) is 0 Å². The Kier molecular flexibility index (Phi) is 7.53. The minimum Gasteiger partial charge on any atom is -0.461 e. The summed E-state index contributed by atoms with van der Waals surface area (Å²) in [6.45, 7) is 2.75. The lowest BCUT2D eigenvalue weighted by Gasteiger charge is -2.30. The standard InChI is InChI=1S/C24H21F4N3O4S/c1-2-34-23(33)17-12-19(35-30-17)18-13-36-22(29-18)15-8-10-31(11-9-15)20(32)7-6-14-4-3-5-16(21(14)25)24(26,27)28/h3-7,12-13,15H,2,8-11H2,1H3. The number of rotatable bonds is 6. The van der Waals surface area contributed by atoms with Crippen LogP contribution < -0.4 is 0 Å². The monoisotopic (exact) mass is 523 g/mol. The molecule has 0 spiro atoms. The van der Waals surface area contributed by atoms with Crippen molar-refractivity contribution in [3.8, 4) is 11.5 Å². The van der Waals surface area contributed by atoms with Crippen molar-refractivity contribution in [2.45, 2.75) is 31.9 Å². The number of piperidine rings is 1. The zero-order valence-electron chi connectivity index (χ0n) is 19.0. The van der Waals surface area contributed by atoms with Crippen LogP contribution in [0.1, 0.15) is 52.3 Å². The van der Waals surface area contributed by atoms with Crippen LogP contribution in [-0.2, 0) is 15.7 Å². The molecule has 0 N–H and O–H groups in total. The first-order valence-electron chi connectivity index (χ1n) is 11.1. The Morgan fingerprint density at radius 1 is 1.28 bits per heavy atom. The van der Waals surface area contributed by atoms with Gasteiger partial charge in [0.05, 0.1) is 17.2 Å². The summed E-state index contributed by atoms with van der Waals surface area (Å²) in [6.07, 6.45) is -1.39. The van der Waals surface area contributed by atoms with Crippen LogP contribution in [0.15, 0.2) is 40.2 Å². The number of likely N-dealkylation sites (tertiary alicyclic amines) is 1. The molecule has 0 atom stereocenters. The second-order valence-electron chi connectivity index (χ2n) is 8.01. The number of amides is 1. The maximum Gasteiger partial charge on any atom is 0.419 e. The molecule has 3 heterocycles. The van der Waals surface area contributed by atoms with Gasteiger partial charge in [0, 0.05) is 42.1 Å². The maximum absolute atomic E-state index is 14.2. The molecule has 1 aromatic carbocycles. The van der Waals surface area contributed by atoms with Crippen LogP contribution in [0.5, 0.6) is 0 Å². The van der Waals surface area contributed by atoms with E-state index in [4.69, 9.17) is 9.26 Å². The van der Waals surface area contributed by atoms with Gasteiger partial charge in [-0.05, 0) is 31.9 Å². The number of carbonyl (C=O) groups excluding carboxylic acids is 2. The van der Waals surface area contributed by atoms with Crippen molar-refractivity contribution in [1.29, 1.82) is 0 Å². The smallest absolute Gasteiger partial charge is 0.419 e. The molecule has 0 unspecified atom stereocenters. The molecule has 3 aromatic rings. The van der Waals surface area contributed by atoms with Gasteiger partial charge in [-0.3, -0.25) is 4.79 Å². The fourth-order valence-corrected chi connectivity index (χ4v) is 4.78. The van der Waals surface area contributed by atoms with Crippen LogP contribution in [-0.4, -0.2) is 46.6 Å². The van der Waals surface area contributed by atoms with Gasteiger partial charge in [0.1, 0.15) is 11.5 Å². The third kappa shape index (κ3) is 5.64. The number of benzene rings is 1. The molecule has 1 fully saturated rings. The highest BCUT2D eigenvalue weighted by Gasteiger charge is 2.34. The van der Waals surface area contributed by atoms with E-state index in [0.717, 1.165) is 23.2 Å². The molecule has 1 aliphatic rings. The molecule has 0 aliphatic carbocycles. The summed E-state index contributed by atoms with van der Waals surface area (Å²) in [5.41, 5.74) is -1.07. The summed E-state index contributed by atoms with van der Waals surface area (Å²) in [5, 5.41) is 6.36. The third-order valence-corrected chi connectivity index (χ3v) is 6.67. The van der Waals surface area contributed by atoms with Crippen molar-refractivity contribution in [3.63, 3.8) is 0 Å². The zero-order chi connectivity index (χ0) is 25.9. The van der Waals surface area contributed by atoms with Gasteiger partial charge in [0.25, 0.3) is 0 Å². The molecule has 36 heavy (non-hydrogen) atoms. The van der Waals surface area contributed by atoms with Crippen molar-refractivity contribution < 1.29 is 36.4 Å².